The number of hydrogen-bond acceptors (Lipinski definition) is 12. The lowest BCUT2D eigenvalue weighted by Crippen LogP contribution is -2.30. The summed E-state index contributed by atoms with van der Waals surface area (Å²) in [7, 11) is -11.5. The molecule has 28 heteroatoms. The topological polar surface area (TPSA) is 265 Å². The van der Waals surface area contributed by atoms with Gasteiger partial charge in [-0.2, -0.15) is 26.3 Å². The number of ether oxygens (including phenoxy) is 3. The summed E-state index contributed by atoms with van der Waals surface area (Å²) in [6, 6.07) is 43.8. The highest BCUT2D eigenvalue weighted by Gasteiger charge is 2.37. The summed E-state index contributed by atoms with van der Waals surface area (Å²) in [4.78, 5) is 46.1. The molecule has 11 rings (SSSR count). The maximum atomic E-state index is 13.7. The van der Waals surface area contributed by atoms with E-state index < -0.39 is 71.3 Å². The number of carbonyl (C=O) groups excluding carboxylic acids is 3. The van der Waals surface area contributed by atoms with Gasteiger partial charge in [0, 0.05) is 48.5 Å². The van der Waals surface area contributed by atoms with Crippen LogP contribution in [0, 0.1) is 20.8 Å². The van der Waals surface area contributed by atoms with Gasteiger partial charge in [-0.1, -0.05) is 109 Å². The number of alkyl halides is 6. The van der Waals surface area contributed by atoms with E-state index in [1.807, 2.05) is 123 Å². The van der Waals surface area contributed by atoms with Crippen molar-refractivity contribution in [2.24, 2.45) is 0 Å². The number of sulfonamides is 3. The number of aromatic nitrogens is 3. The second kappa shape index (κ2) is 30.0. The highest BCUT2D eigenvalue weighted by Crippen LogP contribution is 2.40. The zero-order valence-electron chi connectivity index (χ0n) is 53.6. The van der Waals surface area contributed by atoms with Crippen LogP contribution in [0.2, 0.25) is 5.02 Å². The van der Waals surface area contributed by atoms with Gasteiger partial charge in [0.2, 0.25) is 30.1 Å². The molecule has 0 atom stereocenters. The van der Waals surface area contributed by atoms with Crippen molar-refractivity contribution < 1.29 is 80.2 Å². The molecule has 0 bridgehead atoms. The van der Waals surface area contributed by atoms with Crippen LogP contribution in [0.1, 0.15) is 95.2 Å². The molecule has 0 aliphatic carbocycles. The Balaban J connectivity index is 0.000000172. The van der Waals surface area contributed by atoms with Crippen LogP contribution in [-0.4, -0.2) is 96.5 Å². The van der Waals surface area contributed by atoms with Gasteiger partial charge in [0.05, 0.1) is 49.7 Å². The molecule has 3 amide bonds. The van der Waals surface area contributed by atoms with Gasteiger partial charge in [0.15, 0.2) is 0 Å². The van der Waals surface area contributed by atoms with E-state index in [0.29, 0.717) is 42.4 Å². The zero-order valence-corrected chi connectivity index (χ0v) is 56.8. The lowest BCUT2D eigenvalue weighted by atomic mass is 10.0. The average molecular weight is 1430 g/mol. The van der Waals surface area contributed by atoms with E-state index in [0.717, 1.165) is 91.4 Å². The number of H-pyrrole nitrogens is 3. The molecule has 98 heavy (non-hydrogen) atoms. The van der Waals surface area contributed by atoms with Crippen LogP contribution in [0.3, 0.4) is 0 Å². The Morgan fingerprint density at radius 2 is 0.806 bits per heavy atom. The molecule has 0 saturated carbocycles. The van der Waals surface area contributed by atoms with E-state index in [1.54, 1.807) is 22.9 Å². The molecule has 3 aromatic heterocycles. The number of halogens is 7. The maximum Gasteiger partial charge on any atom is 0.417 e. The summed E-state index contributed by atoms with van der Waals surface area (Å²) in [6.07, 6.45) is -4.84. The minimum Gasteiger partial charge on any atom is -0.494 e. The molecule has 18 nitrogen and oxygen atoms in total. The van der Waals surface area contributed by atoms with Gasteiger partial charge in [-0.05, 0) is 158 Å². The third kappa shape index (κ3) is 18.3. The molecule has 0 aliphatic heterocycles. The van der Waals surface area contributed by atoms with E-state index in [2.05, 4.69) is 19.7 Å². The molecule has 3 heterocycles. The Morgan fingerprint density at radius 1 is 0.439 bits per heavy atom. The van der Waals surface area contributed by atoms with Gasteiger partial charge in [0.25, 0.3) is 17.7 Å². The van der Waals surface area contributed by atoms with E-state index >= 15 is 0 Å². The first kappa shape index (κ1) is 72.7. The third-order valence-electron chi connectivity index (χ3n) is 15.4. The van der Waals surface area contributed by atoms with E-state index in [9.17, 15) is 66.0 Å². The molecule has 0 spiro atoms. The lowest BCUT2D eigenvalue weighted by molar-refractivity contribution is -0.137. The fourth-order valence-corrected chi connectivity index (χ4v) is 12.8. The van der Waals surface area contributed by atoms with Crippen LogP contribution >= 0.6 is 11.6 Å². The van der Waals surface area contributed by atoms with Crippen molar-refractivity contribution in [1.29, 1.82) is 0 Å². The van der Waals surface area contributed by atoms with Crippen LogP contribution in [0.4, 0.5) is 26.3 Å². The van der Waals surface area contributed by atoms with Crippen molar-refractivity contribution in [1.82, 2.24) is 29.1 Å². The van der Waals surface area contributed by atoms with Crippen molar-refractivity contribution >= 4 is 114 Å². The minimum atomic E-state index is -4.66. The van der Waals surface area contributed by atoms with Gasteiger partial charge < -0.3 is 29.2 Å². The molecule has 0 saturated heterocycles. The summed E-state index contributed by atoms with van der Waals surface area (Å²) < 4.78 is 175. The van der Waals surface area contributed by atoms with Crippen LogP contribution in [0.15, 0.2) is 152 Å². The number of nitrogens with one attached hydrogen (secondary N) is 6. The van der Waals surface area contributed by atoms with E-state index in [4.69, 9.17) is 25.8 Å². The molecule has 516 valence electrons. The number of amides is 3. The molecule has 0 fully saturated rings. The van der Waals surface area contributed by atoms with Crippen molar-refractivity contribution in [2.45, 2.75) is 71.6 Å². The summed E-state index contributed by atoms with van der Waals surface area (Å²) in [5, 5.41) is 5.29. The summed E-state index contributed by atoms with van der Waals surface area (Å²) in [6.45, 7) is 6.45. The maximum absolute atomic E-state index is 13.7. The standard InChI is InChI=1S/C24H21F3N2O4S.C24H24N2O4S.C22H22ClF3N2O4S/c1-34(31,32)29-23(30)22-17(21-18(24(25,26)27)11-5-12-19(21)28-22)10-6-14-33-20-13-4-8-15-7-2-3-9-16(15)20;1-16-12-13-19-20(23(25-21(19)15-16)24(27)26-31(2,28)29)10-6-14-30-22-11-5-8-17-7-3-4-9-18(17)22;1-12-10-14(11-13(2)19(12)23)32-9-5-6-15-18-16(22(24,25)26)7-4-8-17(18)27-20(15)21(29)28-33(3,30)31/h2-5,7-9,11-13,28H,6,10,14H2,1H3,(H,29,30);3-5,7-9,11-13,15,25H,6,10,14H2,1-2H3,(H,26,27);4,7-8,10-11,27H,5-6,9H2,1-3H3,(H,28,29). The summed E-state index contributed by atoms with van der Waals surface area (Å²) >= 11 is 6.15. The first-order valence-electron chi connectivity index (χ1n) is 30.3. The molecule has 0 radical (unpaired) electrons. The quantitative estimate of drug-likeness (QED) is 0.0290. The van der Waals surface area contributed by atoms with Crippen LogP contribution in [-0.2, 0) is 61.7 Å². The molecular formula is C70H67ClF6N6O12S3. The van der Waals surface area contributed by atoms with Gasteiger partial charge in [0.1, 0.15) is 34.3 Å². The molecule has 0 unspecified atom stereocenters. The van der Waals surface area contributed by atoms with Crippen LogP contribution in [0.5, 0.6) is 17.2 Å². The van der Waals surface area contributed by atoms with E-state index in [1.165, 1.54) is 24.3 Å². The van der Waals surface area contributed by atoms with Crippen molar-refractivity contribution in [2.75, 3.05) is 38.6 Å². The molecule has 11 aromatic rings. The Labute approximate surface area is 565 Å². The van der Waals surface area contributed by atoms with Crippen molar-refractivity contribution in [3.63, 3.8) is 0 Å². The number of aryl methyl sites for hydroxylation is 6. The summed E-state index contributed by atoms with van der Waals surface area (Å²) in [5.41, 5.74) is 2.67. The number of benzene rings is 8. The van der Waals surface area contributed by atoms with Crippen molar-refractivity contribution in [3.8, 4) is 17.2 Å². The molecule has 6 N–H and O–H groups in total. The largest absolute Gasteiger partial charge is 0.494 e. The van der Waals surface area contributed by atoms with Crippen molar-refractivity contribution in [3.05, 3.63) is 218 Å². The Morgan fingerprint density at radius 3 is 1.22 bits per heavy atom. The average Bonchev–Trinajstić information content (AvgIpc) is 1.60. The number of fused-ring (bicyclic) bond motifs is 5. The number of hydrogen-bond donors (Lipinski definition) is 6. The minimum absolute atomic E-state index is 0.0468. The first-order chi connectivity index (χ1) is 46.1. The number of rotatable bonds is 21. The first-order valence-corrected chi connectivity index (χ1v) is 36.4. The third-order valence-corrected chi connectivity index (χ3v) is 17.7. The molecule has 8 aromatic carbocycles. The Kier molecular flexibility index (Phi) is 22.3. The normalized spacial score (nSPS) is 12.1. The SMILES string of the molecule is CS(=O)(=O)NC(=O)c1[nH]c2cccc(C(F)(F)F)c2c1CCCOc1cccc2ccccc12.Cc1cc(OCCCc2c(C(=O)NS(C)(=O)=O)[nH]c3cccc(C(F)(F)F)c23)cc(C)c1Cl.Cc1ccc2c(CCCOc3cccc4ccccc34)c(C(=O)NS(C)(=O)=O)[nH]c2c1. The van der Waals surface area contributed by atoms with Gasteiger partial charge in [-0.25, -0.2) is 39.4 Å². The van der Waals surface area contributed by atoms with Gasteiger partial charge >= 0.3 is 12.4 Å². The monoisotopic (exact) mass is 1430 g/mol. The van der Waals surface area contributed by atoms with Crippen LogP contribution < -0.4 is 28.4 Å². The lowest BCUT2D eigenvalue weighted by Gasteiger charge is -2.12. The Hall–Kier alpha value is -9.57. The van der Waals surface area contributed by atoms with E-state index in [-0.39, 0.29) is 82.5 Å². The van der Waals surface area contributed by atoms with Gasteiger partial charge in [-0.15, -0.1) is 0 Å². The second-order valence-corrected chi connectivity index (χ2v) is 28.9. The predicted octanol–water partition coefficient (Wildman–Crippen LogP) is 14.5. The predicted molar refractivity (Wildman–Crippen MR) is 367 cm³/mol. The smallest absolute Gasteiger partial charge is 0.417 e. The fraction of sp³-hybridized carbons (Fsp3) is 0.243. The highest BCUT2D eigenvalue weighted by molar-refractivity contribution is 7.89. The number of aromatic amines is 3. The number of carbonyl (C=O) groups is 3. The van der Waals surface area contributed by atoms with Gasteiger partial charge in [-0.3, -0.25) is 14.4 Å². The zero-order chi connectivity index (χ0) is 71.1. The molecular weight excluding hydrogens is 1360 g/mol. The molecule has 0 aliphatic rings. The second-order valence-electron chi connectivity index (χ2n) is 23.2. The summed E-state index contributed by atoms with van der Waals surface area (Å²) in [5.74, 6) is -0.662. The highest BCUT2D eigenvalue weighted by atomic mass is 35.5. The van der Waals surface area contributed by atoms with Crippen LogP contribution in [0.25, 0.3) is 54.3 Å². The Bertz CT molecular complexity index is 5160. The fourth-order valence-electron chi connectivity index (χ4n) is 11.4.